The molecule has 0 heterocycles. The molecule has 26 heavy (non-hydrogen) atoms. The molecule has 0 aliphatic heterocycles. The van der Waals surface area contributed by atoms with E-state index in [4.69, 9.17) is 4.74 Å². The van der Waals surface area contributed by atoms with Gasteiger partial charge in [0.2, 0.25) is 10.0 Å². The monoisotopic (exact) mass is 377 g/mol. The molecule has 1 aromatic rings. The van der Waals surface area contributed by atoms with Crippen LogP contribution in [0.5, 0.6) is 5.75 Å². The lowest BCUT2D eigenvalue weighted by Crippen LogP contribution is -2.56. The second kappa shape index (κ2) is 6.83. The summed E-state index contributed by atoms with van der Waals surface area (Å²) in [6.45, 7) is 2.16. The molecular formula is C21H31NO3S. The van der Waals surface area contributed by atoms with Gasteiger partial charge in [0.15, 0.2) is 0 Å². The van der Waals surface area contributed by atoms with E-state index in [0.29, 0.717) is 10.6 Å². The highest BCUT2D eigenvalue weighted by Crippen LogP contribution is 2.61. The van der Waals surface area contributed by atoms with Crippen molar-refractivity contribution in [2.24, 2.45) is 23.2 Å². The lowest BCUT2D eigenvalue weighted by atomic mass is 9.47. The second-order valence-corrected chi connectivity index (χ2v) is 10.6. The zero-order valence-electron chi connectivity index (χ0n) is 15.9. The number of nitrogens with one attached hydrogen (secondary N) is 1. The first-order valence-corrected chi connectivity index (χ1v) is 11.6. The number of methoxy groups -OCH3 is 1. The Hall–Kier alpha value is -1.07. The quantitative estimate of drug-likeness (QED) is 0.768. The average molecular weight is 378 g/mol. The van der Waals surface area contributed by atoms with Crippen LogP contribution in [-0.2, 0) is 10.0 Å². The summed E-state index contributed by atoms with van der Waals surface area (Å²) in [5, 5.41) is 0. The van der Waals surface area contributed by atoms with E-state index < -0.39 is 10.0 Å². The van der Waals surface area contributed by atoms with Gasteiger partial charge in [0.25, 0.3) is 0 Å². The van der Waals surface area contributed by atoms with E-state index in [9.17, 15) is 8.42 Å². The van der Waals surface area contributed by atoms with Crippen LogP contribution < -0.4 is 9.46 Å². The third kappa shape index (κ3) is 3.29. The molecule has 0 radical (unpaired) electrons. The topological polar surface area (TPSA) is 55.4 Å². The maximum Gasteiger partial charge on any atom is 0.240 e. The molecule has 144 valence electrons. The normalized spacial score (nSPS) is 34.0. The number of ether oxygens (including phenoxy) is 1. The zero-order chi connectivity index (χ0) is 18.4. The number of sulfonamides is 1. The largest absolute Gasteiger partial charge is 0.497 e. The molecule has 4 nitrogen and oxygen atoms in total. The summed E-state index contributed by atoms with van der Waals surface area (Å²) in [4.78, 5) is 0.337. The highest BCUT2D eigenvalue weighted by molar-refractivity contribution is 7.89. The second-order valence-electron chi connectivity index (χ2n) is 8.92. The summed E-state index contributed by atoms with van der Waals surface area (Å²) >= 11 is 0. The highest BCUT2D eigenvalue weighted by atomic mass is 32.2. The van der Waals surface area contributed by atoms with Crippen LogP contribution in [0.1, 0.15) is 58.3 Å². The summed E-state index contributed by atoms with van der Waals surface area (Å²) < 4.78 is 34.4. The van der Waals surface area contributed by atoms with Gasteiger partial charge in [-0.1, -0.05) is 13.3 Å². The fourth-order valence-electron chi connectivity index (χ4n) is 6.39. The van der Waals surface area contributed by atoms with Crippen molar-refractivity contribution in [1.29, 1.82) is 0 Å². The molecule has 4 saturated carbocycles. The Morgan fingerprint density at radius 2 is 1.62 bits per heavy atom. The van der Waals surface area contributed by atoms with Crippen molar-refractivity contribution in [3.63, 3.8) is 0 Å². The summed E-state index contributed by atoms with van der Waals surface area (Å²) in [7, 11) is -1.92. The minimum atomic E-state index is -3.51. The first-order valence-electron chi connectivity index (χ1n) is 10.1. The fourth-order valence-corrected chi connectivity index (χ4v) is 7.77. The minimum absolute atomic E-state index is 0.0630. The first-order chi connectivity index (χ1) is 12.4. The van der Waals surface area contributed by atoms with Crippen molar-refractivity contribution < 1.29 is 13.2 Å². The van der Waals surface area contributed by atoms with Crippen molar-refractivity contribution >= 4 is 10.0 Å². The lowest BCUT2D eigenvalue weighted by Gasteiger charge is -2.59. The molecule has 4 aliphatic rings. The van der Waals surface area contributed by atoms with Crippen LogP contribution in [0.3, 0.4) is 0 Å². The maximum absolute atomic E-state index is 13.1. The number of rotatable bonds is 7. The molecule has 0 saturated heterocycles. The molecule has 0 amide bonds. The molecular weight excluding hydrogens is 346 g/mol. The van der Waals surface area contributed by atoms with E-state index in [-0.39, 0.29) is 11.5 Å². The van der Waals surface area contributed by atoms with Crippen molar-refractivity contribution in [2.45, 2.75) is 69.2 Å². The standard InChI is InChI=1S/C21H31NO3S/c1-3-4-20(21-12-15-9-16(13-21)11-17(10-15)14-21)22-26(23,24)19-7-5-18(25-2)6-8-19/h5-8,15-17,20,22H,3-4,9-14H2,1-2H3. The van der Waals surface area contributed by atoms with Crippen LogP contribution in [0.4, 0.5) is 0 Å². The van der Waals surface area contributed by atoms with Crippen LogP contribution in [0, 0.1) is 23.2 Å². The molecule has 0 spiro atoms. The number of benzene rings is 1. The van der Waals surface area contributed by atoms with Crippen LogP contribution in [-0.4, -0.2) is 21.6 Å². The van der Waals surface area contributed by atoms with Gasteiger partial charge in [0.05, 0.1) is 12.0 Å². The molecule has 1 unspecified atom stereocenters. The summed E-state index contributed by atoms with van der Waals surface area (Å²) in [5.74, 6) is 3.15. The first kappa shape index (κ1) is 18.3. The molecule has 4 bridgehead atoms. The van der Waals surface area contributed by atoms with Crippen molar-refractivity contribution in [1.82, 2.24) is 4.72 Å². The van der Waals surface area contributed by atoms with Gasteiger partial charge in [-0.15, -0.1) is 0 Å². The van der Waals surface area contributed by atoms with E-state index in [1.165, 1.54) is 38.5 Å². The van der Waals surface area contributed by atoms with E-state index in [1.807, 2.05) is 0 Å². The minimum Gasteiger partial charge on any atom is -0.497 e. The van der Waals surface area contributed by atoms with Gasteiger partial charge in [-0.3, -0.25) is 0 Å². The lowest BCUT2D eigenvalue weighted by molar-refractivity contribution is -0.0712. The Morgan fingerprint density at radius 1 is 1.08 bits per heavy atom. The Morgan fingerprint density at radius 3 is 2.08 bits per heavy atom. The van der Waals surface area contributed by atoms with Crippen LogP contribution in [0.25, 0.3) is 0 Å². The third-order valence-corrected chi connectivity index (χ3v) is 8.56. The Kier molecular flexibility index (Phi) is 4.81. The van der Waals surface area contributed by atoms with Crippen LogP contribution in [0.2, 0.25) is 0 Å². The highest BCUT2D eigenvalue weighted by Gasteiger charge is 2.54. The Bertz CT molecular complexity index is 706. The molecule has 5 rings (SSSR count). The SMILES string of the molecule is CCCC(NS(=O)(=O)c1ccc(OC)cc1)C12CC3CC(CC(C3)C1)C2. The van der Waals surface area contributed by atoms with Gasteiger partial charge in [0, 0.05) is 6.04 Å². The smallest absolute Gasteiger partial charge is 0.240 e. The van der Waals surface area contributed by atoms with Crippen LogP contribution in [0.15, 0.2) is 29.2 Å². The predicted octanol–water partition coefficient (Wildman–Crippen LogP) is 4.36. The van der Waals surface area contributed by atoms with Gasteiger partial charge in [-0.25, -0.2) is 13.1 Å². The Labute approximate surface area is 157 Å². The zero-order valence-corrected chi connectivity index (χ0v) is 16.7. The molecule has 0 aromatic heterocycles. The summed E-state index contributed by atoms with van der Waals surface area (Å²) in [6.07, 6.45) is 9.73. The van der Waals surface area contributed by atoms with E-state index in [0.717, 1.165) is 30.6 Å². The van der Waals surface area contributed by atoms with E-state index in [1.54, 1.807) is 31.4 Å². The third-order valence-electron chi connectivity index (χ3n) is 7.07. The fraction of sp³-hybridized carbons (Fsp3) is 0.714. The average Bonchev–Trinajstić information content (AvgIpc) is 2.60. The molecule has 1 aromatic carbocycles. The molecule has 1 N–H and O–H groups in total. The molecule has 5 heteroatoms. The Balaban J connectivity index is 1.58. The van der Waals surface area contributed by atoms with Gasteiger partial charge >= 0.3 is 0 Å². The van der Waals surface area contributed by atoms with Crippen LogP contribution >= 0.6 is 0 Å². The van der Waals surface area contributed by atoms with Crippen molar-refractivity contribution in [3.05, 3.63) is 24.3 Å². The maximum atomic E-state index is 13.1. The van der Waals surface area contributed by atoms with Gasteiger partial charge in [-0.05, 0) is 92.4 Å². The summed E-state index contributed by atoms with van der Waals surface area (Å²) in [5.41, 5.74) is 0.185. The summed E-state index contributed by atoms with van der Waals surface area (Å²) in [6, 6.07) is 6.78. The van der Waals surface area contributed by atoms with Crippen molar-refractivity contribution in [2.75, 3.05) is 7.11 Å². The molecule has 4 aliphatic carbocycles. The van der Waals surface area contributed by atoms with E-state index in [2.05, 4.69) is 11.6 Å². The number of hydrogen-bond acceptors (Lipinski definition) is 3. The van der Waals surface area contributed by atoms with Gasteiger partial charge < -0.3 is 4.74 Å². The molecule has 1 atom stereocenters. The van der Waals surface area contributed by atoms with Gasteiger partial charge in [-0.2, -0.15) is 0 Å². The molecule has 4 fully saturated rings. The number of hydrogen-bond donors (Lipinski definition) is 1. The predicted molar refractivity (Wildman–Crippen MR) is 103 cm³/mol. The van der Waals surface area contributed by atoms with Crippen molar-refractivity contribution in [3.8, 4) is 5.75 Å². The van der Waals surface area contributed by atoms with E-state index >= 15 is 0 Å². The van der Waals surface area contributed by atoms with Gasteiger partial charge in [0.1, 0.15) is 5.75 Å².